The van der Waals surface area contributed by atoms with E-state index in [9.17, 15) is 14.7 Å². The SMILES string of the molecule is COc1ccc(C(N[C@@H](CCCCNC(=O)OC(C)(C)C)C(=O)O)(c2ccccc2)c2ccc(OC)cc2)cc1. The lowest BCUT2D eigenvalue weighted by Gasteiger charge is -2.39. The standard InChI is InChI=1S/C32H40N2O6/c1-31(2,3)40-30(37)33-22-10-9-13-28(29(35)36)34-32(23-11-7-6-8-12-23,24-14-18-26(38-4)19-15-24)25-16-20-27(39-5)21-17-25/h6-8,11-12,14-21,28,34H,9-10,13,22H2,1-5H3,(H,33,37)(H,35,36)/t28-/m0/s1. The minimum Gasteiger partial charge on any atom is -0.497 e. The summed E-state index contributed by atoms with van der Waals surface area (Å²) in [6.45, 7) is 5.81. The van der Waals surface area contributed by atoms with Crippen LogP contribution in [0.15, 0.2) is 78.9 Å². The molecule has 40 heavy (non-hydrogen) atoms. The van der Waals surface area contributed by atoms with Crippen molar-refractivity contribution in [2.24, 2.45) is 0 Å². The number of aliphatic carboxylic acids is 1. The Morgan fingerprint density at radius 3 is 1.73 bits per heavy atom. The van der Waals surface area contributed by atoms with Crippen LogP contribution >= 0.6 is 0 Å². The highest BCUT2D eigenvalue weighted by molar-refractivity contribution is 5.74. The molecule has 214 valence electrons. The lowest BCUT2D eigenvalue weighted by Crippen LogP contribution is -2.52. The van der Waals surface area contributed by atoms with Crippen LogP contribution in [0.4, 0.5) is 4.79 Å². The summed E-state index contributed by atoms with van der Waals surface area (Å²) < 4.78 is 16.1. The van der Waals surface area contributed by atoms with Crippen LogP contribution < -0.4 is 20.1 Å². The zero-order chi connectivity index (χ0) is 29.2. The van der Waals surface area contributed by atoms with Gasteiger partial charge in [-0.1, -0.05) is 54.6 Å². The highest BCUT2D eigenvalue weighted by Gasteiger charge is 2.40. The predicted octanol–water partition coefficient (Wildman–Crippen LogP) is 5.73. The van der Waals surface area contributed by atoms with E-state index in [1.807, 2.05) is 78.9 Å². The molecule has 1 amide bonds. The van der Waals surface area contributed by atoms with Gasteiger partial charge in [-0.15, -0.1) is 0 Å². The molecule has 0 aromatic heterocycles. The maximum Gasteiger partial charge on any atom is 0.407 e. The lowest BCUT2D eigenvalue weighted by atomic mass is 9.76. The number of rotatable bonds is 13. The van der Waals surface area contributed by atoms with Gasteiger partial charge in [-0.25, -0.2) is 4.79 Å². The normalized spacial score (nSPS) is 12.3. The van der Waals surface area contributed by atoms with E-state index in [2.05, 4.69) is 10.6 Å². The second kappa shape index (κ2) is 13.8. The molecular weight excluding hydrogens is 508 g/mol. The molecule has 0 bridgehead atoms. The largest absolute Gasteiger partial charge is 0.497 e. The van der Waals surface area contributed by atoms with Gasteiger partial charge in [0.1, 0.15) is 23.1 Å². The fourth-order valence-electron chi connectivity index (χ4n) is 4.62. The van der Waals surface area contributed by atoms with Crippen LogP contribution in [-0.2, 0) is 15.1 Å². The van der Waals surface area contributed by atoms with Gasteiger partial charge in [0.25, 0.3) is 0 Å². The van der Waals surface area contributed by atoms with Crippen molar-refractivity contribution in [3.05, 3.63) is 95.6 Å². The molecule has 0 fully saturated rings. The number of benzene rings is 3. The first-order chi connectivity index (χ1) is 19.1. The van der Waals surface area contributed by atoms with Gasteiger partial charge in [-0.05, 0) is 81.0 Å². The highest BCUT2D eigenvalue weighted by Crippen LogP contribution is 2.39. The zero-order valence-electron chi connectivity index (χ0n) is 23.9. The Kier molecular flexibility index (Phi) is 10.6. The van der Waals surface area contributed by atoms with Gasteiger partial charge in [0.15, 0.2) is 0 Å². The van der Waals surface area contributed by atoms with Crippen LogP contribution in [0.25, 0.3) is 0 Å². The van der Waals surface area contributed by atoms with Crippen molar-refractivity contribution < 1.29 is 28.9 Å². The van der Waals surface area contributed by atoms with E-state index in [1.165, 1.54) is 0 Å². The van der Waals surface area contributed by atoms with Crippen molar-refractivity contribution in [3.63, 3.8) is 0 Å². The summed E-state index contributed by atoms with van der Waals surface area (Å²) in [6, 6.07) is 24.2. The number of unbranched alkanes of at least 4 members (excludes halogenated alkanes) is 1. The summed E-state index contributed by atoms with van der Waals surface area (Å²) in [5, 5.41) is 16.6. The fourth-order valence-corrected chi connectivity index (χ4v) is 4.62. The summed E-state index contributed by atoms with van der Waals surface area (Å²) in [5.74, 6) is 0.447. The minimum absolute atomic E-state index is 0.353. The predicted molar refractivity (Wildman–Crippen MR) is 155 cm³/mol. The maximum atomic E-state index is 12.6. The molecule has 3 rings (SSSR count). The Balaban J connectivity index is 1.94. The average Bonchev–Trinajstić information content (AvgIpc) is 2.94. The van der Waals surface area contributed by atoms with Gasteiger partial charge >= 0.3 is 12.1 Å². The summed E-state index contributed by atoms with van der Waals surface area (Å²) in [6.07, 6.45) is 1.05. The number of carboxylic acid groups (broad SMARTS) is 1. The zero-order valence-corrected chi connectivity index (χ0v) is 23.9. The van der Waals surface area contributed by atoms with E-state index in [0.29, 0.717) is 37.3 Å². The summed E-state index contributed by atoms with van der Waals surface area (Å²) in [7, 11) is 3.22. The number of hydrogen-bond acceptors (Lipinski definition) is 6. The molecule has 1 atom stereocenters. The molecule has 0 radical (unpaired) electrons. The number of carbonyl (C=O) groups is 2. The van der Waals surface area contributed by atoms with Crippen molar-refractivity contribution in [2.75, 3.05) is 20.8 Å². The van der Waals surface area contributed by atoms with Crippen LogP contribution in [0.5, 0.6) is 11.5 Å². The molecule has 0 spiro atoms. The molecule has 3 N–H and O–H groups in total. The third-order valence-electron chi connectivity index (χ3n) is 6.53. The second-order valence-corrected chi connectivity index (χ2v) is 10.5. The van der Waals surface area contributed by atoms with Gasteiger partial charge in [-0.3, -0.25) is 10.1 Å². The van der Waals surface area contributed by atoms with Crippen molar-refractivity contribution in [1.82, 2.24) is 10.6 Å². The third kappa shape index (κ3) is 7.99. The lowest BCUT2D eigenvalue weighted by molar-refractivity contribution is -0.140. The molecule has 0 saturated carbocycles. The molecule has 0 aliphatic heterocycles. The Morgan fingerprint density at radius 2 is 1.27 bits per heavy atom. The quantitative estimate of drug-likeness (QED) is 0.185. The smallest absolute Gasteiger partial charge is 0.407 e. The fraction of sp³-hybridized carbons (Fsp3) is 0.375. The molecule has 3 aromatic carbocycles. The van der Waals surface area contributed by atoms with Crippen molar-refractivity contribution >= 4 is 12.1 Å². The minimum atomic E-state index is -0.988. The van der Waals surface area contributed by atoms with Crippen molar-refractivity contribution in [2.45, 2.75) is 57.2 Å². The first kappa shape index (κ1) is 30.5. The van der Waals surface area contributed by atoms with Crippen LogP contribution in [0, 0.1) is 0 Å². The van der Waals surface area contributed by atoms with Crippen molar-refractivity contribution in [1.29, 1.82) is 0 Å². The van der Waals surface area contributed by atoms with Gasteiger partial charge in [0.2, 0.25) is 0 Å². The van der Waals surface area contributed by atoms with E-state index in [1.54, 1.807) is 35.0 Å². The van der Waals surface area contributed by atoms with E-state index in [4.69, 9.17) is 14.2 Å². The molecule has 0 unspecified atom stereocenters. The summed E-state index contributed by atoms with van der Waals surface area (Å²) >= 11 is 0. The molecule has 0 heterocycles. The summed E-state index contributed by atoms with van der Waals surface area (Å²) in [5.41, 5.74) is 1.05. The van der Waals surface area contributed by atoms with Crippen LogP contribution in [0.3, 0.4) is 0 Å². The Labute approximate surface area is 236 Å². The number of carbonyl (C=O) groups excluding carboxylic acids is 1. The molecule has 3 aromatic rings. The average molecular weight is 549 g/mol. The monoisotopic (exact) mass is 548 g/mol. The molecule has 0 aliphatic carbocycles. The molecular formula is C32H40N2O6. The second-order valence-electron chi connectivity index (χ2n) is 10.5. The van der Waals surface area contributed by atoms with Crippen LogP contribution in [0.2, 0.25) is 0 Å². The molecule has 0 saturated heterocycles. The van der Waals surface area contributed by atoms with Gasteiger partial charge in [-0.2, -0.15) is 0 Å². The van der Waals surface area contributed by atoms with E-state index in [0.717, 1.165) is 16.7 Å². The first-order valence-corrected chi connectivity index (χ1v) is 13.4. The highest BCUT2D eigenvalue weighted by atomic mass is 16.6. The van der Waals surface area contributed by atoms with Crippen molar-refractivity contribution in [3.8, 4) is 11.5 Å². The molecule has 0 aliphatic rings. The Hall–Kier alpha value is -4.04. The number of carboxylic acids is 1. The number of nitrogens with one attached hydrogen (secondary N) is 2. The third-order valence-corrected chi connectivity index (χ3v) is 6.53. The number of methoxy groups -OCH3 is 2. The Morgan fingerprint density at radius 1 is 0.775 bits per heavy atom. The summed E-state index contributed by atoms with van der Waals surface area (Å²) in [4.78, 5) is 24.6. The van der Waals surface area contributed by atoms with Crippen LogP contribution in [-0.4, -0.2) is 49.6 Å². The molecule has 8 heteroatoms. The van der Waals surface area contributed by atoms with E-state index in [-0.39, 0.29) is 0 Å². The van der Waals surface area contributed by atoms with E-state index >= 15 is 0 Å². The van der Waals surface area contributed by atoms with Crippen LogP contribution in [0.1, 0.15) is 56.7 Å². The van der Waals surface area contributed by atoms with Gasteiger partial charge < -0.3 is 24.6 Å². The van der Waals surface area contributed by atoms with Gasteiger partial charge in [0.05, 0.1) is 19.8 Å². The molecule has 8 nitrogen and oxygen atoms in total. The van der Waals surface area contributed by atoms with Gasteiger partial charge in [0, 0.05) is 6.54 Å². The Bertz CT molecular complexity index is 1170. The maximum absolute atomic E-state index is 12.6. The topological polar surface area (TPSA) is 106 Å². The van der Waals surface area contributed by atoms with E-state index < -0.39 is 29.2 Å². The number of hydrogen-bond donors (Lipinski definition) is 3. The number of alkyl carbamates (subject to hydrolysis) is 1. The number of ether oxygens (including phenoxy) is 3. The first-order valence-electron chi connectivity index (χ1n) is 13.4. The number of amides is 1.